The topological polar surface area (TPSA) is 25.2 Å². The van der Waals surface area contributed by atoms with Crippen LogP contribution in [0.25, 0.3) is 0 Å². The van der Waals surface area contributed by atoms with Gasteiger partial charge in [0.1, 0.15) is 11.5 Å². The zero-order chi connectivity index (χ0) is 12.9. The monoisotopic (exact) mass is 259 g/mol. The van der Waals surface area contributed by atoms with E-state index in [1.54, 1.807) is 0 Å². The average molecular weight is 259 g/mol. The highest BCUT2D eigenvalue weighted by atomic mass is 16.3. The Kier molecular flexibility index (Phi) is 2.77. The molecule has 4 bridgehead atoms. The SMILES string of the molecule is CCc1ccc(CNC23CC4CC(CC(C4)C2)C3)o1. The molecule has 4 fully saturated rings. The van der Waals surface area contributed by atoms with Crippen molar-refractivity contribution in [2.75, 3.05) is 0 Å². The molecule has 0 amide bonds. The first-order valence-corrected chi connectivity index (χ1v) is 8.07. The quantitative estimate of drug-likeness (QED) is 0.887. The van der Waals surface area contributed by atoms with Gasteiger partial charge in [-0.05, 0) is 68.4 Å². The number of aryl methyl sites for hydroxylation is 1. The fourth-order valence-electron chi connectivity index (χ4n) is 5.31. The van der Waals surface area contributed by atoms with Crippen molar-refractivity contribution in [3.8, 4) is 0 Å². The van der Waals surface area contributed by atoms with E-state index >= 15 is 0 Å². The second-order valence-electron chi connectivity index (χ2n) is 7.27. The van der Waals surface area contributed by atoms with E-state index in [9.17, 15) is 0 Å². The van der Waals surface area contributed by atoms with Gasteiger partial charge in [0.15, 0.2) is 0 Å². The Balaban J connectivity index is 1.44. The molecule has 4 aliphatic carbocycles. The van der Waals surface area contributed by atoms with Gasteiger partial charge in [-0.1, -0.05) is 6.92 Å². The van der Waals surface area contributed by atoms with Crippen LogP contribution in [0.1, 0.15) is 57.0 Å². The molecule has 0 radical (unpaired) electrons. The summed E-state index contributed by atoms with van der Waals surface area (Å²) in [4.78, 5) is 0. The van der Waals surface area contributed by atoms with Crippen molar-refractivity contribution in [3.63, 3.8) is 0 Å². The highest BCUT2D eigenvalue weighted by Gasteiger charge is 2.50. The highest BCUT2D eigenvalue weighted by molar-refractivity contribution is 5.10. The molecule has 2 heteroatoms. The highest BCUT2D eigenvalue weighted by Crippen LogP contribution is 2.55. The summed E-state index contributed by atoms with van der Waals surface area (Å²) in [5.41, 5.74) is 0.452. The fourth-order valence-corrected chi connectivity index (χ4v) is 5.31. The van der Waals surface area contributed by atoms with E-state index in [-0.39, 0.29) is 0 Å². The molecular weight excluding hydrogens is 234 g/mol. The molecular formula is C17H25NO. The molecule has 0 saturated heterocycles. The molecule has 0 aliphatic heterocycles. The molecule has 0 unspecified atom stereocenters. The zero-order valence-electron chi connectivity index (χ0n) is 12.0. The van der Waals surface area contributed by atoms with Crippen LogP contribution in [0.3, 0.4) is 0 Å². The van der Waals surface area contributed by atoms with Crippen molar-refractivity contribution < 1.29 is 4.42 Å². The second kappa shape index (κ2) is 4.37. The maximum Gasteiger partial charge on any atom is 0.117 e. The first-order valence-electron chi connectivity index (χ1n) is 8.07. The normalized spacial score (nSPS) is 39.9. The van der Waals surface area contributed by atoms with Gasteiger partial charge in [-0.3, -0.25) is 0 Å². The van der Waals surface area contributed by atoms with Gasteiger partial charge in [-0.15, -0.1) is 0 Å². The van der Waals surface area contributed by atoms with Crippen LogP contribution in [-0.2, 0) is 13.0 Å². The Labute approximate surface area is 116 Å². The average Bonchev–Trinajstić information content (AvgIpc) is 2.83. The predicted molar refractivity (Wildman–Crippen MR) is 75.8 cm³/mol. The van der Waals surface area contributed by atoms with E-state index in [1.807, 2.05) is 0 Å². The minimum Gasteiger partial charge on any atom is -0.465 e. The molecule has 0 spiro atoms. The largest absolute Gasteiger partial charge is 0.465 e. The van der Waals surface area contributed by atoms with Crippen molar-refractivity contribution >= 4 is 0 Å². The lowest BCUT2D eigenvalue weighted by molar-refractivity contribution is -0.0213. The smallest absolute Gasteiger partial charge is 0.117 e. The first-order chi connectivity index (χ1) is 9.25. The van der Waals surface area contributed by atoms with E-state index in [0.717, 1.165) is 42.2 Å². The fraction of sp³-hybridized carbons (Fsp3) is 0.765. The van der Waals surface area contributed by atoms with Gasteiger partial charge in [-0.2, -0.15) is 0 Å². The van der Waals surface area contributed by atoms with Gasteiger partial charge in [0.05, 0.1) is 6.54 Å². The molecule has 5 rings (SSSR count). The Morgan fingerprint density at radius 1 is 1.05 bits per heavy atom. The zero-order valence-corrected chi connectivity index (χ0v) is 12.0. The van der Waals surface area contributed by atoms with E-state index in [0.29, 0.717) is 5.54 Å². The third kappa shape index (κ3) is 2.14. The molecule has 104 valence electrons. The minimum atomic E-state index is 0.452. The van der Waals surface area contributed by atoms with E-state index in [1.165, 1.54) is 38.5 Å². The van der Waals surface area contributed by atoms with Gasteiger partial charge in [-0.25, -0.2) is 0 Å². The number of nitrogens with one attached hydrogen (secondary N) is 1. The summed E-state index contributed by atoms with van der Waals surface area (Å²) in [5.74, 6) is 5.28. The molecule has 19 heavy (non-hydrogen) atoms. The second-order valence-corrected chi connectivity index (χ2v) is 7.27. The van der Waals surface area contributed by atoms with Crippen LogP contribution in [0.5, 0.6) is 0 Å². The van der Waals surface area contributed by atoms with E-state index in [4.69, 9.17) is 4.42 Å². The molecule has 4 aliphatic rings. The number of rotatable bonds is 4. The molecule has 1 N–H and O–H groups in total. The molecule has 1 heterocycles. The number of hydrogen-bond donors (Lipinski definition) is 1. The third-order valence-corrected chi connectivity index (χ3v) is 5.74. The van der Waals surface area contributed by atoms with Crippen molar-refractivity contribution in [1.82, 2.24) is 5.32 Å². The maximum atomic E-state index is 5.83. The number of hydrogen-bond acceptors (Lipinski definition) is 2. The minimum absolute atomic E-state index is 0.452. The van der Waals surface area contributed by atoms with E-state index in [2.05, 4.69) is 24.4 Å². The lowest BCUT2D eigenvalue weighted by Crippen LogP contribution is -2.58. The molecule has 0 aromatic carbocycles. The summed E-state index contributed by atoms with van der Waals surface area (Å²) in [6.45, 7) is 3.07. The van der Waals surface area contributed by atoms with Gasteiger partial charge in [0.2, 0.25) is 0 Å². The lowest BCUT2D eigenvalue weighted by atomic mass is 9.53. The summed E-state index contributed by atoms with van der Waals surface area (Å²) in [5, 5.41) is 3.89. The van der Waals surface area contributed by atoms with Crippen LogP contribution in [0, 0.1) is 17.8 Å². The Hall–Kier alpha value is -0.760. The van der Waals surface area contributed by atoms with Crippen LogP contribution in [-0.4, -0.2) is 5.54 Å². The van der Waals surface area contributed by atoms with Crippen molar-refractivity contribution in [1.29, 1.82) is 0 Å². The van der Waals surface area contributed by atoms with Crippen LogP contribution in [0.4, 0.5) is 0 Å². The van der Waals surface area contributed by atoms with Crippen LogP contribution in [0.2, 0.25) is 0 Å². The molecule has 1 aromatic rings. The Morgan fingerprint density at radius 2 is 1.63 bits per heavy atom. The van der Waals surface area contributed by atoms with Crippen molar-refractivity contribution in [3.05, 3.63) is 23.7 Å². The molecule has 2 nitrogen and oxygen atoms in total. The summed E-state index contributed by atoms with van der Waals surface area (Å²) in [7, 11) is 0. The number of furan rings is 1. The van der Waals surface area contributed by atoms with Gasteiger partial charge >= 0.3 is 0 Å². The van der Waals surface area contributed by atoms with Crippen molar-refractivity contribution in [2.45, 2.75) is 64.0 Å². The lowest BCUT2D eigenvalue weighted by Gasteiger charge is -2.57. The van der Waals surface area contributed by atoms with Crippen LogP contribution in [0.15, 0.2) is 16.5 Å². The first kappa shape index (κ1) is 12.0. The van der Waals surface area contributed by atoms with E-state index < -0.39 is 0 Å². The van der Waals surface area contributed by atoms with Crippen molar-refractivity contribution in [2.24, 2.45) is 17.8 Å². The van der Waals surface area contributed by atoms with Crippen LogP contribution >= 0.6 is 0 Å². The molecule has 0 atom stereocenters. The van der Waals surface area contributed by atoms with Crippen LogP contribution < -0.4 is 5.32 Å². The summed E-state index contributed by atoms with van der Waals surface area (Å²) in [6, 6.07) is 4.27. The Morgan fingerprint density at radius 3 is 2.16 bits per heavy atom. The third-order valence-electron chi connectivity index (χ3n) is 5.74. The van der Waals surface area contributed by atoms with Gasteiger partial charge in [0.25, 0.3) is 0 Å². The van der Waals surface area contributed by atoms with Gasteiger partial charge in [0, 0.05) is 12.0 Å². The Bertz CT molecular complexity index is 426. The maximum absolute atomic E-state index is 5.83. The standard InChI is InChI=1S/C17H25NO/c1-2-15-3-4-16(19-15)11-18-17-8-12-5-13(9-17)7-14(6-12)10-17/h3-4,12-14,18H,2,5-11H2,1H3. The summed E-state index contributed by atoms with van der Waals surface area (Å²) < 4.78 is 5.83. The van der Waals surface area contributed by atoms with Gasteiger partial charge < -0.3 is 9.73 Å². The molecule has 4 saturated carbocycles. The predicted octanol–water partition coefficient (Wildman–Crippen LogP) is 3.90. The summed E-state index contributed by atoms with van der Waals surface area (Å²) >= 11 is 0. The summed E-state index contributed by atoms with van der Waals surface area (Å²) in [6.07, 6.45) is 9.80. The molecule has 1 aromatic heterocycles.